The summed E-state index contributed by atoms with van der Waals surface area (Å²) in [6.45, 7) is 2.58. The molecule has 5 heteroatoms. The molecule has 104 valence electrons. The monoisotopic (exact) mass is 264 g/mol. The molecule has 2 unspecified atom stereocenters. The molecule has 1 heterocycles. The third-order valence-electron chi connectivity index (χ3n) is 3.18. The van der Waals surface area contributed by atoms with E-state index >= 15 is 0 Å². The van der Waals surface area contributed by atoms with E-state index in [9.17, 15) is 0 Å². The van der Waals surface area contributed by atoms with E-state index in [1.54, 1.807) is 25.3 Å². The highest BCUT2D eigenvalue weighted by molar-refractivity contribution is 5.95. The summed E-state index contributed by atoms with van der Waals surface area (Å²) in [4.78, 5) is 0. The lowest BCUT2D eigenvalue weighted by atomic mass is 10.2. The van der Waals surface area contributed by atoms with Crippen molar-refractivity contribution >= 4 is 5.84 Å². The van der Waals surface area contributed by atoms with Crippen LogP contribution >= 0.6 is 0 Å². The van der Waals surface area contributed by atoms with Crippen LogP contribution in [0.4, 0.5) is 0 Å². The number of benzene rings is 1. The minimum Gasteiger partial charge on any atom is -0.497 e. The summed E-state index contributed by atoms with van der Waals surface area (Å²) in [6, 6.07) is 5.23. The molecule has 2 atom stereocenters. The Bertz CT molecular complexity index is 462. The Morgan fingerprint density at radius 3 is 2.68 bits per heavy atom. The summed E-state index contributed by atoms with van der Waals surface area (Å²) in [7, 11) is 1.57. The molecule has 0 aromatic heterocycles. The van der Waals surface area contributed by atoms with Crippen molar-refractivity contribution in [3.63, 3.8) is 0 Å². The summed E-state index contributed by atoms with van der Waals surface area (Å²) in [5.41, 5.74) is 6.08. The van der Waals surface area contributed by atoms with Gasteiger partial charge in [-0.3, -0.25) is 5.41 Å². The highest BCUT2D eigenvalue weighted by Crippen LogP contribution is 2.24. The molecule has 1 fully saturated rings. The van der Waals surface area contributed by atoms with Crippen LogP contribution in [-0.2, 0) is 4.74 Å². The summed E-state index contributed by atoms with van der Waals surface area (Å²) in [5, 5.41) is 7.47. The third-order valence-corrected chi connectivity index (χ3v) is 3.18. The summed E-state index contributed by atoms with van der Waals surface area (Å²) < 4.78 is 16.6. The minimum atomic E-state index is -0.00510. The van der Waals surface area contributed by atoms with Gasteiger partial charge in [-0.05, 0) is 31.9 Å². The molecule has 1 aromatic carbocycles. The number of rotatable bonds is 5. The van der Waals surface area contributed by atoms with Crippen molar-refractivity contribution in [2.24, 2.45) is 5.73 Å². The summed E-state index contributed by atoms with van der Waals surface area (Å²) in [6.07, 6.45) is 2.55. The van der Waals surface area contributed by atoms with E-state index < -0.39 is 0 Å². The molecule has 0 spiro atoms. The zero-order valence-electron chi connectivity index (χ0n) is 11.3. The Hall–Kier alpha value is -1.75. The molecule has 1 aromatic rings. The topological polar surface area (TPSA) is 77.6 Å². The second-order valence-electron chi connectivity index (χ2n) is 4.77. The van der Waals surface area contributed by atoms with E-state index in [1.807, 2.05) is 0 Å². The Morgan fingerprint density at radius 2 is 2.11 bits per heavy atom. The first-order chi connectivity index (χ1) is 9.08. The van der Waals surface area contributed by atoms with E-state index in [0.29, 0.717) is 29.8 Å². The first-order valence-electron chi connectivity index (χ1n) is 6.40. The van der Waals surface area contributed by atoms with Gasteiger partial charge in [-0.1, -0.05) is 0 Å². The largest absolute Gasteiger partial charge is 0.497 e. The van der Waals surface area contributed by atoms with Gasteiger partial charge < -0.3 is 19.9 Å². The molecule has 1 aliphatic rings. The maximum atomic E-state index is 7.47. The predicted molar refractivity (Wildman–Crippen MR) is 73.1 cm³/mol. The molecule has 5 nitrogen and oxygen atoms in total. The zero-order valence-corrected chi connectivity index (χ0v) is 11.3. The summed E-state index contributed by atoms with van der Waals surface area (Å²) >= 11 is 0. The molecular formula is C14H20N2O3. The van der Waals surface area contributed by atoms with Crippen molar-refractivity contribution in [1.29, 1.82) is 5.41 Å². The Morgan fingerprint density at radius 1 is 1.37 bits per heavy atom. The van der Waals surface area contributed by atoms with Crippen molar-refractivity contribution in [3.8, 4) is 11.5 Å². The van der Waals surface area contributed by atoms with E-state index in [1.165, 1.54) is 0 Å². The van der Waals surface area contributed by atoms with Crippen molar-refractivity contribution in [1.82, 2.24) is 0 Å². The molecule has 0 amide bonds. The first-order valence-corrected chi connectivity index (χ1v) is 6.40. The van der Waals surface area contributed by atoms with Gasteiger partial charge in [0.05, 0.1) is 19.3 Å². The van der Waals surface area contributed by atoms with E-state index in [2.05, 4.69) is 6.92 Å². The van der Waals surface area contributed by atoms with Crippen LogP contribution in [-0.4, -0.2) is 31.8 Å². The molecular weight excluding hydrogens is 244 g/mol. The molecule has 3 N–H and O–H groups in total. The molecule has 1 saturated heterocycles. The van der Waals surface area contributed by atoms with Gasteiger partial charge >= 0.3 is 0 Å². The van der Waals surface area contributed by atoms with Gasteiger partial charge in [0.15, 0.2) is 0 Å². The second kappa shape index (κ2) is 5.93. The van der Waals surface area contributed by atoms with Crippen molar-refractivity contribution < 1.29 is 14.2 Å². The van der Waals surface area contributed by atoms with Crippen LogP contribution in [0.1, 0.15) is 25.3 Å². The molecule has 2 rings (SSSR count). The number of nitrogens with one attached hydrogen (secondary N) is 1. The molecule has 19 heavy (non-hydrogen) atoms. The maximum absolute atomic E-state index is 7.47. The van der Waals surface area contributed by atoms with Crippen LogP contribution < -0.4 is 15.2 Å². The molecule has 0 aliphatic carbocycles. The van der Waals surface area contributed by atoms with Crippen LogP contribution in [0.2, 0.25) is 0 Å². The average molecular weight is 264 g/mol. The highest BCUT2D eigenvalue weighted by atomic mass is 16.5. The lowest BCUT2D eigenvalue weighted by Crippen LogP contribution is -2.18. The minimum absolute atomic E-state index is 0.00510. The van der Waals surface area contributed by atoms with Gasteiger partial charge in [0, 0.05) is 11.6 Å². The fourth-order valence-corrected chi connectivity index (χ4v) is 2.13. The highest BCUT2D eigenvalue weighted by Gasteiger charge is 2.22. The lowest BCUT2D eigenvalue weighted by molar-refractivity contribution is 0.0264. The van der Waals surface area contributed by atoms with E-state index in [0.717, 1.165) is 12.8 Å². The van der Waals surface area contributed by atoms with Crippen molar-refractivity contribution in [3.05, 3.63) is 23.8 Å². The van der Waals surface area contributed by atoms with Gasteiger partial charge in [-0.25, -0.2) is 0 Å². The second-order valence-corrected chi connectivity index (χ2v) is 4.77. The van der Waals surface area contributed by atoms with Crippen molar-refractivity contribution in [2.75, 3.05) is 13.7 Å². The Labute approximate surface area is 113 Å². The van der Waals surface area contributed by atoms with E-state index in [4.69, 9.17) is 25.4 Å². The molecule has 0 radical (unpaired) electrons. The zero-order chi connectivity index (χ0) is 13.8. The van der Waals surface area contributed by atoms with Gasteiger partial charge in [0.2, 0.25) is 0 Å². The number of hydrogen-bond donors (Lipinski definition) is 2. The number of nitrogens with two attached hydrogens (primary N) is 1. The van der Waals surface area contributed by atoms with Crippen LogP contribution in [0.3, 0.4) is 0 Å². The number of ether oxygens (including phenoxy) is 3. The summed E-state index contributed by atoms with van der Waals surface area (Å²) in [5.74, 6) is 1.27. The maximum Gasteiger partial charge on any atom is 0.123 e. The van der Waals surface area contributed by atoms with Gasteiger partial charge in [0.1, 0.15) is 23.9 Å². The Kier molecular flexibility index (Phi) is 4.27. The van der Waals surface area contributed by atoms with Crippen LogP contribution in [0, 0.1) is 5.41 Å². The first kappa shape index (κ1) is 13.7. The predicted octanol–water partition coefficient (Wildman–Crippen LogP) is 1.93. The normalized spacial score (nSPS) is 22.2. The average Bonchev–Trinajstić information content (AvgIpc) is 2.81. The van der Waals surface area contributed by atoms with Crippen LogP contribution in [0.5, 0.6) is 11.5 Å². The van der Waals surface area contributed by atoms with Crippen molar-refractivity contribution in [2.45, 2.75) is 32.0 Å². The van der Waals surface area contributed by atoms with Gasteiger partial charge in [0.25, 0.3) is 0 Å². The number of nitrogen functional groups attached to an aromatic ring is 1. The molecule has 0 bridgehead atoms. The van der Waals surface area contributed by atoms with Gasteiger partial charge in [-0.2, -0.15) is 0 Å². The quantitative estimate of drug-likeness (QED) is 0.629. The third kappa shape index (κ3) is 3.61. The number of amidine groups is 1. The smallest absolute Gasteiger partial charge is 0.123 e. The van der Waals surface area contributed by atoms with E-state index in [-0.39, 0.29) is 11.9 Å². The van der Waals surface area contributed by atoms with Gasteiger partial charge in [-0.15, -0.1) is 0 Å². The van der Waals surface area contributed by atoms with Crippen LogP contribution in [0.25, 0.3) is 0 Å². The number of methoxy groups -OCH3 is 1. The number of hydrogen-bond acceptors (Lipinski definition) is 4. The SMILES string of the molecule is COc1cc(OCC2CCC(C)O2)cc(C(=N)N)c1. The van der Waals surface area contributed by atoms with Crippen LogP contribution in [0.15, 0.2) is 18.2 Å². The fourth-order valence-electron chi connectivity index (χ4n) is 2.13. The Balaban J connectivity index is 2.02. The lowest BCUT2D eigenvalue weighted by Gasteiger charge is -2.14. The fraction of sp³-hybridized carbons (Fsp3) is 0.500. The molecule has 1 aliphatic heterocycles. The standard InChI is InChI=1S/C14H20N2O3/c1-9-3-4-11(19-9)8-18-13-6-10(14(15)16)5-12(7-13)17-2/h5-7,9,11H,3-4,8H2,1-2H3,(H3,15,16). The molecule has 0 saturated carbocycles.